The molecule has 0 aromatic heterocycles. The van der Waals surface area contributed by atoms with E-state index in [1.807, 2.05) is 6.07 Å². The lowest BCUT2D eigenvalue weighted by molar-refractivity contribution is -0.141. The van der Waals surface area contributed by atoms with Crippen LogP contribution in [0.1, 0.15) is 28.8 Å². The van der Waals surface area contributed by atoms with Gasteiger partial charge in [0.05, 0.1) is 0 Å². The molecule has 6 heteroatoms. The van der Waals surface area contributed by atoms with E-state index in [9.17, 15) is 19.5 Å². The third-order valence-corrected chi connectivity index (χ3v) is 3.91. The molecule has 2 aromatic carbocycles. The van der Waals surface area contributed by atoms with Gasteiger partial charge in [-0.2, -0.15) is 0 Å². The van der Waals surface area contributed by atoms with Crippen molar-refractivity contribution in [2.75, 3.05) is 0 Å². The summed E-state index contributed by atoms with van der Waals surface area (Å²) in [5, 5.41) is 12.3. The van der Waals surface area contributed by atoms with Gasteiger partial charge in [-0.3, -0.25) is 9.59 Å². The van der Waals surface area contributed by atoms with Crippen LogP contribution in [-0.2, 0) is 16.0 Å². The molecule has 0 saturated heterocycles. The van der Waals surface area contributed by atoms with Crippen molar-refractivity contribution >= 4 is 29.3 Å². The molecule has 5 nitrogen and oxygen atoms in total. The molecule has 1 unspecified atom stereocenters. The van der Waals surface area contributed by atoms with Gasteiger partial charge in [-0.25, -0.2) is 4.79 Å². The summed E-state index contributed by atoms with van der Waals surface area (Å²) in [5.74, 6) is -1.77. The molecular formula is C19H18ClNO4. The van der Waals surface area contributed by atoms with E-state index in [4.69, 9.17) is 11.6 Å². The van der Waals surface area contributed by atoms with Gasteiger partial charge in [-0.15, -0.1) is 0 Å². The summed E-state index contributed by atoms with van der Waals surface area (Å²) in [4.78, 5) is 35.4. The van der Waals surface area contributed by atoms with Crippen molar-refractivity contribution in [1.82, 2.24) is 5.32 Å². The third-order valence-electron chi connectivity index (χ3n) is 3.66. The number of carbonyl (C=O) groups is 3. The van der Waals surface area contributed by atoms with E-state index in [2.05, 4.69) is 5.32 Å². The monoisotopic (exact) mass is 359 g/mol. The number of halogens is 1. The highest BCUT2D eigenvalue weighted by atomic mass is 35.5. The zero-order valence-electron chi connectivity index (χ0n) is 13.4. The normalized spacial score (nSPS) is 11.6. The van der Waals surface area contributed by atoms with Crippen molar-refractivity contribution in [2.24, 2.45) is 0 Å². The van der Waals surface area contributed by atoms with Crippen molar-refractivity contribution in [3.63, 3.8) is 0 Å². The molecule has 2 N–H and O–H groups in total. The fourth-order valence-electron chi connectivity index (χ4n) is 2.32. The van der Waals surface area contributed by atoms with Gasteiger partial charge in [0.1, 0.15) is 6.04 Å². The van der Waals surface area contributed by atoms with Gasteiger partial charge in [-0.05, 0) is 29.8 Å². The van der Waals surface area contributed by atoms with Crippen LogP contribution in [0.15, 0.2) is 54.6 Å². The van der Waals surface area contributed by atoms with Crippen LogP contribution in [0, 0.1) is 0 Å². The molecule has 1 atom stereocenters. The fourth-order valence-corrected chi connectivity index (χ4v) is 2.45. The Morgan fingerprint density at radius 1 is 0.960 bits per heavy atom. The number of hydrogen-bond donors (Lipinski definition) is 2. The van der Waals surface area contributed by atoms with E-state index < -0.39 is 17.9 Å². The SMILES string of the molecule is O=C(CCC(=O)c1ccc(Cl)cc1)NC(Cc1ccccc1)C(=O)O. The highest BCUT2D eigenvalue weighted by Gasteiger charge is 2.20. The van der Waals surface area contributed by atoms with Crippen LogP contribution in [0.4, 0.5) is 0 Å². The second-order valence-electron chi connectivity index (χ2n) is 5.58. The standard InChI is InChI=1S/C19H18ClNO4/c20-15-8-6-14(7-9-15)17(22)10-11-18(23)21-16(19(24)25)12-13-4-2-1-3-5-13/h1-9,16H,10-12H2,(H,21,23)(H,24,25). The van der Waals surface area contributed by atoms with Crippen LogP contribution in [-0.4, -0.2) is 28.8 Å². The number of rotatable bonds is 8. The number of carboxylic acid groups (broad SMARTS) is 1. The van der Waals surface area contributed by atoms with Crippen LogP contribution >= 0.6 is 11.6 Å². The third kappa shape index (κ3) is 6.04. The number of benzene rings is 2. The van der Waals surface area contributed by atoms with Crippen LogP contribution < -0.4 is 5.32 Å². The Morgan fingerprint density at radius 2 is 1.60 bits per heavy atom. The molecule has 1 amide bonds. The maximum Gasteiger partial charge on any atom is 0.326 e. The minimum absolute atomic E-state index is 0.00510. The van der Waals surface area contributed by atoms with E-state index >= 15 is 0 Å². The molecule has 2 rings (SSSR count). The molecule has 0 bridgehead atoms. The lowest BCUT2D eigenvalue weighted by atomic mass is 10.0. The number of amides is 1. The topological polar surface area (TPSA) is 83.5 Å². The van der Waals surface area contributed by atoms with Crippen molar-refractivity contribution in [3.05, 3.63) is 70.7 Å². The van der Waals surface area contributed by atoms with Crippen LogP contribution in [0.3, 0.4) is 0 Å². The Bertz CT molecular complexity index is 744. The average molecular weight is 360 g/mol. The molecule has 0 aliphatic carbocycles. The summed E-state index contributed by atoms with van der Waals surface area (Å²) >= 11 is 5.77. The molecule has 0 spiro atoms. The molecular weight excluding hydrogens is 342 g/mol. The summed E-state index contributed by atoms with van der Waals surface area (Å²) in [7, 11) is 0. The highest BCUT2D eigenvalue weighted by molar-refractivity contribution is 6.30. The molecule has 0 aliphatic heterocycles. The number of carbonyl (C=O) groups excluding carboxylic acids is 2. The quantitative estimate of drug-likeness (QED) is 0.709. The van der Waals surface area contributed by atoms with Gasteiger partial charge in [-0.1, -0.05) is 41.9 Å². The van der Waals surface area contributed by atoms with Crippen molar-refractivity contribution in [2.45, 2.75) is 25.3 Å². The first kappa shape index (κ1) is 18.7. The lowest BCUT2D eigenvalue weighted by Crippen LogP contribution is -2.42. The Balaban J connectivity index is 1.87. The number of nitrogens with one attached hydrogen (secondary N) is 1. The molecule has 0 heterocycles. The van der Waals surface area contributed by atoms with Gasteiger partial charge in [0, 0.05) is 29.8 Å². The van der Waals surface area contributed by atoms with Gasteiger partial charge >= 0.3 is 5.97 Å². The molecule has 0 fully saturated rings. The Morgan fingerprint density at radius 3 is 2.20 bits per heavy atom. The zero-order chi connectivity index (χ0) is 18.2. The summed E-state index contributed by atoms with van der Waals surface area (Å²) < 4.78 is 0. The van der Waals surface area contributed by atoms with Crippen LogP contribution in [0.5, 0.6) is 0 Å². The first-order valence-electron chi connectivity index (χ1n) is 7.80. The molecule has 0 saturated carbocycles. The molecule has 0 radical (unpaired) electrons. The van der Waals surface area contributed by atoms with Gasteiger partial charge in [0.15, 0.2) is 5.78 Å². The average Bonchev–Trinajstić information content (AvgIpc) is 2.60. The predicted molar refractivity (Wildman–Crippen MR) is 94.7 cm³/mol. The zero-order valence-corrected chi connectivity index (χ0v) is 14.2. The first-order chi connectivity index (χ1) is 12.0. The maximum absolute atomic E-state index is 12.0. The van der Waals surface area contributed by atoms with Gasteiger partial charge in [0.2, 0.25) is 5.91 Å². The van der Waals surface area contributed by atoms with Gasteiger partial charge in [0.25, 0.3) is 0 Å². The first-order valence-corrected chi connectivity index (χ1v) is 8.18. The summed E-state index contributed by atoms with van der Waals surface area (Å²) in [6.45, 7) is 0. The van der Waals surface area contributed by atoms with E-state index in [-0.39, 0.29) is 25.0 Å². The number of ketones is 1. The second-order valence-corrected chi connectivity index (χ2v) is 6.01. The minimum atomic E-state index is -1.11. The van der Waals surface area contributed by atoms with Crippen molar-refractivity contribution in [1.29, 1.82) is 0 Å². The predicted octanol–water partition coefficient (Wildman–Crippen LogP) is 3.12. The second kappa shape index (κ2) is 8.99. The van der Waals surface area contributed by atoms with E-state index in [1.165, 1.54) is 0 Å². The fraction of sp³-hybridized carbons (Fsp3) is 0.211. The van der Waals surface area contributed by atoms with E-state index in [0.717, 1.165) is 5.56 Å². The van der Waals surface area contributed by atoms with Gasteiger partial charge < -0.3 is 10.4 Å². The number of hydrogen-bond acceptors (Lipinski definition) is 3. The molecule has 25 heavy (non-hydrogen) atoms. The molecule has 2 aromatic rings. The number of carboxylic acids is 1. The summed E-state index contributed by atoms with van der Waals surface area (Å²) in [6.07, 6.45) is 0.123. The number of Topliss-reactive ketones (excluding diaryl/α,β-unsaturated/α-hetero) is 1. The number of aliphatic carboxylic acids is 1. The molecule has 130 valence electrons. The van der Waals surface area contributed by atoms with Crippen LogP contribution in [0.25, 0.3) is 0 Å². The van der Waals surface area contributed by atoms with Crippen molar-refractivity contribution in [3.8, 4) is 0 Å². The van der Waals surface area contributed by atoms with E-state index in [0.29, 0.717) is 10.6 Å². The Hall–Kier alpha value is -2.66. The maximum atomic E-state index is 12.0. The Labute approximate surface area is 150 Å². The minimum Gasteiger partial charge on any atom is -0.480 e. The lowest BCUT2D eigenvalue weighted by Gasteiger charge is -2.14. The smallest absolute Gasteiger partial charge is 0.326 e. The van der Waals surface area contributed by atoms with Crippen molar-refractivity contribution < 1.29 is 19.5 Å². The summed E-state index contributed by atoms with van der Waals surface area (Å²) in [6, 6.07) is 14.4. The molecule has 0 aliphatic rings. The van der Waals surface area contributed by atoms with E-state index in [1.54, 1.807) is 48.5 Å². The Kier molecular flexibility index (Phi) is 6.71. The summed E-state index contributed by atoms with van der Waals surface area (Å²) in [5.41, 5.74) is 1.28. The highest BCUT2D eigenvalue weighted by Crippen LogP contribution is 2.12. The van der Waals surface area contributed by atoms with Crippen LogP contribution in [0.2, 0.25) is 5.02 Å². The largest absolute Gasteiger partial charge is 0.480 e.